The van der Waals surface area contributed by atoms with Gasteiger partial charge in [-0.25, -0.2) is 4.79 Å². The smallest absolute Gasteiger partial charge is 0.352 e. The summed E-state index contributed by atoms with van der Waals surface area (Å²) in [4.78, 5) is 43.2. The van der Waals surface area contributed by atoms with E-state index in [2.05, 4.69) is 0 Å². The highest BCUT2D eigenvalue weighted by Gasteiger charge is 2.66. The third-order valence-electron chi connectivity index (χ3n) is 5.93. The molecule has 2 aromatic rings. The topological polar surface area (TPSA) is 106 Å². The minimum atomic E-state index is -2.00. The van der Waals surface area contributed by atoms with Crippen molar-refractivity contribution in [1.29, 1.82) is 0 Å². The number of anilines is 1. The fraction of sp³-hybridized carbons (Fsp3) is 0.320. The molecule has 1 atom stereocenters. The molecule has 178 valence electrons. The van der Waals surface area contributed by atoms with Gasteiger partial charge in [0.2, 0.25) is 5.66 Å². The van der Waals surface area contributed by atoms with Crippen molar-refractivity contribution in [2.75, 3.05) is 44.9 Å². The molecule has 2 saturated heterocycles. The van der Waals surface area contributed by atoms with E-state index in [0.717, 1.165) is 4.90 Å². The van der Waals surface area contributed by atoms with Gasteiger partial charge in [-0.1, -0.05) is 18.2 Å². The Morgan fingerprint density at radius 1 is 1.06 bits per heavy atom. The summed E-state index contributed by atoms with van der Waals surface area (Å²) in [5.41, 5.74) is -1.76. The number of para-hydroxylation sites is 1. The molecule has 1 amide bonds. The Bertz CT molecular complexity index is 1110. The standard InChI is InChI=1S/C25H26N2O7/c1-3-34-19-11-9-17(10-12-19)21(28)20-22(29)23(30)27(18-7-5-4-6-8-18)25(20,24(31)32-2)26-13-15-33-16-14-26/h4-12,28H,3,13-16H2,1-2H3/b21-20+/t25-/m1/s1. The molecular formula is C25H26N2O7. The summed E-state index contributed by atoms with van der Waals surface area (Å²) in [5.74, 6) is -2.67. The number of rotatable bonds is 6. The number of benzene rings is 2. The molecule has 0 aliphatic carbocycles. The van der Waals surface area contributed by atoms with Crippen LogP contribution in [-0.2, 0) is 23.9 Å². The minimum absolute atomic E-state index is 0.235. The lowest BCUT2D eigenvalue weighted by molar-refractivity contribution is -0.155. The number of amides is 1. The number of methoxy groups -OCH3 is 1. The van der Waals surface area contributed by atoms with Crippen molar-refractivity contribution in [3.63, 3.8) is 0 Å². The number of nitrogens with zero attached hydrogens (tertiary/aromatic N) is 2. The first-order valence-corrected chi connectivity index (χ1v) is 11.0. The summed E-state index contributed by atoms with van der Waals surface area (Å²) in [6.07, 6.45) is 0. The van der Waals surface area contributed by atoms with Gasteiger partial charge in [-0.3, -0.25) is 19.4 Å². The second kappa shape index (κ2) is 9.66. The molecule has 0 bridgehead atoms. The van der Waals surface area contributed by atoms with E-state index >= 15 is 0 Å². The Morgan fingerprint density at radius 2 is 1.71 bits per heavy atom. The molecule has 0 radical (unpaired) electrons. The average molecular weight is 466 g/mol. The predicted molar refractivity (Wildman–Crippen MR) is 123 cm³/mol. The lowest BCUT2D eigenvalue weighted by Crippen LogP contribution is -2.67. The first kappa shape index (κ1) is 23.5. The van der Waals surface area contributed by atoms with Crippen LogP contribution in [0.4, 0.5) is 5.69 Å². The molecule has 0 saturated carbocycles. The number of aliphatic hydroxyl groups excluding tert-OH is 1. The molecule has 0 spiro atoms. The van der Waals surface area contributed by atoms with Crippen LogP contribution in [0.5, 0.6) is 5.75 Å². The van der Waals surface area contributed by atoms with Crippen LogP contribution in [0, 0.1) is 0 Å². The molecule has 9 nitrogen and oxygen atoms in total. The SMILES string of the molecule is CCOc1ccc(/C(O)=C2/C(=O)C(=O)N(c3ccccc3)[C@]2(C(=O)OC)N2CCOCC2)cc1. The van der Waals surface area contributed by atoms with Crippen molar-refractivity contribution in [2.24, 2.45) is 0 Å². The lowest BCUT2D eigenvalue weighted by Gasteiger charge is -2.45. The van der Waals surface area contributed by atoms with Gasteiger partial charge in [-0.15, -0.1) is 0 Å². The second-order valence-electron chi connectivity index (χ2n) is 7.75. The second-order valence-corrected chi connectivity index (χ2v) is 7.75. The van der Waals surface area contributed by atoms with Gasteiger partial charge in [0.1, 0.15) is 17.1 Å². The summed E-state index contributed by atoms with van der Waals surface area (Å²) in [6.45, 7) is 3.34. The quantitative estimate of drug-likeness (QED) is 0.299. The van der Waals surface area contributed by atoms with Crippen molar-refractivity contribution in [3.05, 3.63) is 65.7 Å². The number of esters is 1. The number of ether oxygens (including phenoxy) is 3. The van der Waals surface area contributed by atoms with E-state index in [1.165, 1.54) is 7.11 Å². The van der Waals surface area contributed by atoms with Crippen LogP contribution in [0.3, 0.4) is 0 Å². The summed E-state index contributed by atoms with van der Waals surface area (Å²) in [5, 5.41) is 11.4. The van der Waals surface area contributed by atoms with E-state index < -0.39 is 29.1 Å². The van der Waals surface area contributed by atoms with E-state index in [4.69, 9.17) is 14.2 Å². The molecule has 0 aromatic heterocycles. The summed E-state index contributed by atoms with van der Waals surface area (Å²) >= 11 is 0. The zero-order valence-corrected chi connectivity index (χ0v) is 19.0. The first-order valence-electron chi connectivity index (χ1n) is 11.0. The van der Waals surface area contributed by atoms with E-state index in [1.54, 1.807) is 59.5 Å². The highest BCUT2D eigenvalue weighted by Crippen LogP contribution is 2.44. The number of carbonyl (C=O) groups is 3. The third kappa shape index (κ3) is 3.72. The Hall–Kier alpha value is -3.69. The van der Waals surface area contributed by atoms with Crippen LogP contribution in [0.15, 0.2) is 60.2 Å². The van der Waals surface area contributed by atoms with Crippen molar-refractivity contribution in [3.8, 4) is 5.75 Å². The third-order valence-corrected chi connectivity index (χ3v) is 5.93. The predicted octanol–water partition coefficient (Wildman–Crippen LogP) is 2.17. The highest BCUT2D eigenvalue weighted by molar-refractivity contribution is 6.54. The van der Waals surface area contributed by atoms with Gasteiger partial charge in [0.25, 0.3) is 5.78 Å². The molecule has 2 aliphatic heterocycles. The van der Waals surface area contributed by atoms with Crippen molar-refractivity contribution >= 4 is 29.1 Å². The number of hydrogen-bond acceptors (Lipinski definition) is 8. The molecule has 2 fully saturated rings. The summed E-state index contributed by atoms with van der Waals surface area (Å²) in [6, 6.07) is 14.8. The monoisotopic (exact) mass is 466 g/mol. The summed E-state index contributed by atoms with van der Waals surface area (Å²) < 4.78 is 16.1. The van der Waals surface area contributed by atoms with E-state index in [0.29, 0.717) is 18.0 Å². The lowest BCUT2D eigenvalue weighted by atomic mass is 9.92. The number of carbonyl (C=O) groups excluding carboxylic acids is 3. The normalized spacial score (nSPS) is 22.6. The largest absolute Gasteiger partial charge is 0.507 e. The average Bonchev–Trinajstić information content (AvgIpc) is 3.12. The Kier molecular flexibility index (Phi) is 6.67. The number of morpholine rings is 1. The van der Waals surface area contributed by atoms with Gasteiger partial charge in [-0.05, 0) is 43.3 Å². The van der Waals surface area contributed by atoms with Crippen molar-refractivity contribution in [2.45, 2.75) is 12.6 Å². The molecule has 1 N–H and O–H groups in total. The van der Waals surface area contributed by atoms with Crippen LogP contribution in [0.2, 0.25) is 0 Å². The van der Waals surface area contributed by atoms with Crippen LogP contribution < -0.4 is 9.64 Å². The fourth-order valence-corrected chi connectivity index (χ4v) is 4.45. The molecule has 4 rings (SSSR count). The maximum atomic E-state index is 13.6. The zero-order valence-electron chi connectivity index (χ0n) is 19.0. The molecule has 2 aliphatic rings. The molecule has 2 aromatic carbocycles. The van der Waals surface area contributed by atoms with E-state index in [1.807, 2.05) is 6.92 Å². The van der Waals surface area contributed by atoms with E-state index in [9.17, 15) is 19.5 Å². The van der Waals surface area contributed by atoms with Crippen LogP contribution in [0.25, 0.3) is 5.76 Å². The van der Waals surface area contributed by atoms with Gasteiger partial charge in [0, 0.05) is 24.3 Å². The molecular weight excluding hydrogens is 440 g/mol. The molecule has 2 heterocycles. The Morgan fingerprint density at radius 3 is 2.29 bits per heavy atom. The van der Waals surface area contributed by atoms with Crippen molar-refractivity contribution in [1.82, 2.24) is 4.90 Å². The van der Waals surface area contributed by atoms with Gasteiger partial charge in [0.15, 0.2) is 0 Å². The van der Waals surface area contributed by atoms with Gasteiger partial charge >= 0.3 is 11.9 Å². The van der Waals surface area contributed by atoms with Gasteiger partial charge in [0.05, 0.1) is 26.9 Å². The van der Waals surface area contributed by atoms with Crippen LogP contribution >= 0.6 is 0 Å². The molecule has 9 heteroatoms. The van der Waals surface area contributed by atoms with Crippen LogP contribution in [-0.4, -0.2) is 73.3 Å². The zero-order chi connectivity index (χ0) is 24.3. The number of Topliss-reactive ketones (excluding diaryl/α,β-unsaturated/α-hetero) is 1. The van der Waals surface area contributed by atoms with Gasteiger partial charge < -0.3 is 19.3 Å². The molecule has 0 unspecified atom stereocenters. The maximum absolute atomic E-state index is 13.6. The van der Waals surface area contributed by atoms with Gasteiger partial charge in [-0.2, -0.15) is 0 Å². The summed E-state index contributed by atoms with van der Waals surface area (Å²) in [7, 11) is 1.19. The number of aliphatic hydroxyl groups is 1. The number of ketones is 1. The Labute approximate surface area is 197 Å². The maximum Gasteiger partial charge on any atom is 0.352 e. The van der Waals surface area contributed by atoms with Crippen molar-refractivity contribution < 1.29 is 33.7 Å². The Balaban J connectivity index is 1.99. The molecule has 34 heavy (non-hydrogen) atoms. The fourth-order valence-electron chi connectivity index (χ4n) is 4.45. The van der Waals surface area contributed by atoms with Crippen LogP contribution in [0.1, 0.15) is 12.5 Å². The minimum Gasteiger partial charge on any atom is -0.507 e. The van der Waals surface area contributed by atoms with E-state index in [-0.39, 0.29) is 37.4 Å². The highest BCUT2D eigenvalue weighted by atomic mass is 16.5. The first-order chi connectivity index (χ1) is 16.5. The number of hydrogen-bond donors (Lipinski definition) is 1.